The van der Waals surface area contributed by atoms with E-state index in [9.17, 15) is 9.59 Å². The maximum absolute atomic E-state index is 12.3. The minimum absolute atomic E-state index is 0.274. The Bertz CT molecular complexity index is 634. The quantitative estimate of drug-likeness (QED) is 0.810. The molecule has 1 atom stereocenters. The number of benzene rings is 1. The van der Waals surface area contributed by atoms with Gasteiger partial charge in [-0.05, 0) is 31.2 Å². The standard InChI is InChI=1S/C16H18N2O3/c1-12(21-16(20)14-10-7-11-17(14)2)15(19)18(3)13-8-5-4-6-9-13/h4-12H,1-3H3/t12-/m1/s1. The number of para-hydroxylation sites is 1. The van der Waals surface area contributed by atoms with Crippen molar-refractivity contribution >= 4 is 17.6 Å². The number of nitrogens with zero attached hydrogens (tertiary/aromatic N) is 2. The Balaban J connectivity index is 2.03. The first-order valence-corrected chi connectivity index (χ1v) is 6.65. The molecule has 0 aliphatic rings. The first-order chi connectivity index (χ1) is 10.0. The van der Waals surface area contributed by atoms with Crippen LogP contribution in [0.1, 0.15) is 17.4 Å². The van der Waals surface area contributed by atoms with Gasteiger partial charge in [0.2, 0.25) is 0 Å². The Morgan fingerprint density at radius 1 is 1.14 bits per heavy atom. The fourth-order valence-corrected chi connectivity index (χ4v) is 2.00. The van der Waals surface area contributed by atoms with Crippen molar-refractivity contribution in [3.63, 3.8) is 0 Å². The van der Waals surface area contributed by atoms with Crippen LogP contribution >= 0.6 is 0 Å². The van der Waals surface area contributed by atoms with Gasteiger partial charge in [0.1, 0.15) is 5.69 Å². The van der Waals surface area contributed by atoms with Crippen LogP contribution in [-0.4, -0.2) is 29.6 Å². The zero-order chi connectivity index (χ0) is 15.4. The summed E-state index contributed by atoms with van der Waals surface area (Å²) in [6, 6.07) is 12.6. The average Bonchev–Trinajstić information content (AvgIpc) is 2.92. The van der Waals surface area contributed by atoms with Gasteiger partial charge in [-0.15, -0.1) is 0 Å². The van der Waals surface area contributed by atoms with Gasteiger partial charge in [0.25, 0.3) is 5.91 Å². The highest BCUT2D eigenvalue weighted by molar-refractivity contribution is 5.98. The fourth-order valence-electron chi connectivity index (χ4n) is 2.00. The number of ether oxygens (including phenoxy) is 1. The summed E-state index contributed by atoms with van der Waals surface area (Å²) in [4.78, 5) is 25.7. The van der Waals surface area contributed by atoms with Gasteiger partial charge in [-0.3, -0.25) is 4.79 Å². The smallest absolute Gasteiger partial charge is 0.355 e. The van der Waals surface area contributed by atoms with Crippen LogP contribution in [0.25, 0.3) is 0 Å². The second-order valence-electron chi connectivity index (χ2n) is 4.78. The van der Waals surface area contributed by atoms with E-state index >= 15 is 0 Å². The number of hydrogen-bond acceptors (Lipinski definition) is 3. The van der Waals surface area contributed by atoms with E-state index in [0.717, 1.165) is 5.69 Å². The Morgan fingerprint density at radius 2 is 1.81 bits per heavy atom. The molecule has 0 radical (unpaired) electrons. The number of anilines is 1. The van der Waals surface area contributed by atoms with E-state index in [0.29, 0.717) is 5.69 Å². The molecule has 1 aromatic heterocycles. The second kappa shape index (κ2) is 6.26. The first-order valence-electron chi connectivity index (χ1n) is 6.65. The Morgan fingerprint density at radius 3 is 2.38 bits per heavy atom. The first kappa shape index (κ1) is 14.8. The number of rotatable bonds is 4. The molecular weight excluding hydrogens is 268 g/mol. The molecular formula is C16H18N2O3. The van der Waals surface area contributed by atoms with Crippen molar-refractivity contribution in [2.24, 2.45) is 7.05 Å². The van der Waals surface area contributed by atoms with E-state index < -0.39 is 12.1 Å². The van der Waals surface area contributed by atoms with Crippen LogP contribution in [0.2, 0.25) is 0 Å². The molecule has 5 heteroatoms. The maximum atomic E-state index is 12.3. The van der Waals surface area contributed by atoms with Crippen LogP contribution in [0.4, 0.5) is 5.69 Å². The van der Waals surface area contributed by atoms with Crippen molar-refractivity contribution in [1.29, 1.82) is 0 Å². The van der Waals surface area contributed by atoms with E-state index in [4.69, 9.17) is 4.74 Å². The molecule has 0 saturated carbocycles. The third kappa shape index (κ3) is 3.31. The van der Waals surface area contributed by atoms with Crippen molar-refractivity contribution in [2.75, 3.05) is 11.9 Å². The molecule has 110 valence electrons. The molecule has 0 spiro atoms. The summed E-state index contributed by atoms with van der Waals surface area (Å²) in [5, 5.41) is 0. The molecule has 1 aromatic carbocycles. The number of likely N-dealkylation sites (N-methyl/N-ethyl adjacent to an activating group) is 1. The van der Waals surface area contributed by atoms with Gasteiger partial charge in [-0.25, -0.2) is 4.79 Å². The monoisotopic (exact) mass is 286 g/mol. The number of carbonyl (C=O) groups excluding carboxylic acids is 2. The van der Waals surface area contributed by atoms with Crippen LogP contribution in [0.5, 0.6) is 0 Å². The summed E-state index contributed by atoms with van der Waals surface area (Å²) in [5.41, 5.74) is 1.17. The predicted octanol–water partition coefficient (Wildman–Crippen LogP) is 2.23. The third-order valence-corrected chi connectivity index (χ3v) is 3.26. The minimum Gasteiger partial charge on any atom is -0.448 e. The van der Waals surface area contributed by atoms with Gasteiger partial charge in [0, 0.05) is 26.0 Å². The SMILES string of the molecule is C[C@@H](OC(=O)c1cccn1C)C(=O)N(C)c1ccccc1. The lowest BCUT2D eigenvalue weighted by atomic mass is 10.2. The lowest BCUT2D eigenvalue weighted by molar-refractivity contribution is -0.126. The Kier molecular flexibility index (Phi) is 4.42. The van der Waals surface area contributed by atoms with Crippen molar-refractivity contribution in [2.45, 2.75) is 13.0 Å². The van der Waals surface area contributed by atoms with E-state index in [2.05, 4.69) is 0 Å². The molecule has 21 heavy (non-hydrogen) atoms. The number of aromatic nitrogens is 1. The summed E-state index contributed by atoms with van der Waals surface area (Å²) in [6.45, 7) is 1.57. The molecule has 0 unspecified atom stereocenters. The van der Waals surface area contributed by atoms with Crippen molar-refractivity contribution < 1.29 is 14.3 Å². The van der Waals surface area contributed by atoms with Gasteiger partial charge < -0.3 is 14.2 Å². The molecule has 0 saturated heterocycles. The van der Waals surface area contributed by atoms with E-state index in [-0.39, 0.29) is 5.91 Å². The third-order valence-electron chi connectivity index (χ3n) is 3.26. The summed E-state index contributed by atoms with van der Waals surface area (Å²) in [6.07, 6.45) is 0.900. The molecule has 0 fully saturated rings. The van der Waals surface area contributed by atoms with Crippen molar-refractivity contribution in [1.82, 2.24) is 4.57 Å². The molecule has 5 nitrogen and oxygen atoms in total. The highest BCUT2D eigenvalue weighted by Crippen LogP contribution is 2.14. The molecule has 0 aliphatic heterocycles. The van der Waals surface area contributed by atoms with Crippen LogP contribution in [-0.2, 0) is 16.6 Å². The minimum atomic E-state index is -0.849. The van der Waals surface area contributed by atoms with Crippen LogP contribution in [0.3, 0.4) is 0 Å². The van der Waals surface area contributed by atoms with E-state index in [1.165, 1.54) is 4.90 Å². The van der Waals surface area contributed by atoms with Crippen LogP contribution in [0, 0.1) is 0 Å². The van der Waals surface area contributed by atoms with Gasteiger partial charge in [0.05, 0.1) is 0 Å². The molecule has 0 N–H and O–H groups in total. The molecule has 2 rings (SSSR count). The topological polar surface area (TPSA) is 51.5 Å². The summed E-state index contributed by atoms with van der Waals surface area (Å²) < 4.78 is 6.88. The Hall–Kier alpha value is -2.56. The number of esters is 1. The van der Waals surface area contributed by atoms with Gasteiger partial charge in [-0.2, -0.15) is 0 Å². The van der Waals surface area contributed by atoms with Gasteiger partial charge in [-0.1, -0.05) is 18.2 Å². The van der Waals surface area contributed by atoms with E-state index in [1.54, 1.807) is 43.9 Å². The highest BCUT2D eigenvalue weighted by Gasteiger charge is 2.23. The average molecular weight is 286 g/mol. The molecule has 0 aliphatic carbocycles. The largest absolute Gasteiger partial charge is 0.448 e. The molecule has 0 bridgehead atoms. The lowest BCUT2D eigenvalue weighted by Crippen LogP contribution is -2.37. The molecule has 1 amide bonds. The number of hydrogen-bond donors (Lipinski definition) is 0. The van der Waals surface area contributed by atoms with Gasteiger partial charge in [0.15, 0.2) is 6.10 Å². The highest BCUT2D eigenvalue weighted by atomic mass is 16.5. The predicted molar refractivity (Wildman–Crippen MR) is 80.1 cm³/mol. The number of carbonyl (C=O) groups is 2. The van der Waals surface area contributed by atoms with Crippen LogP contribution in [0.15, 0.2) is 48.7 Å². The van der Waals surface area contributed by atoms with Crippen LogP contribution < -0.4 is 4.90 Å². The number of aryl methyl sites for hydroxylation is 1. The second-order valence-corrected chi connectivity index (χ2v) is 4.78. The normalized spacial score (nSPS) is 11.8. The zero-order valence-corrected chi connectivity index (χ0v) is 12.3. The van der Waals surface area contributed by atoms with Gasteiger partial charge >= 0.3 is 5.97 Å². The lowest BCUT2D eigenvalue weighted by Gasteiger charge is -2.21. The summed E-state index contributed by atoms with van der Waals surface area (Å²) in [5.74, 6) is -0.784. The summed E-state index contributed by atoms with van der Waals surface area (Å²) >= 11 is 0. The fraction of sp³-hybridized carbons (Fsp3) is 0.250. The zero-order valence-electron chi connectivity index (χ0n) is 12.3. The van der Waals surface area contributed by atoms with E-state index in [1.807, 2.05) is 30.3 Å². The molecule has 1 heterocycles. The number of amides is 1. The molecule has 2 aromatic rings. The van der Waals surface area contributed by atoms with Crippen molar-refractivity contribution in [3.05, 3.63) is 54.4 Å². The maximum Gasteiger partial charge on any atom is 0.355 e. The van der Waals surface area contributed by atoms with Crippen molar-refractivity contribution in [3.8, 4) is 0 Å². The Labute approximate surface area is 123 Å². The summed E-state index contributed by atoms with van der Waals surface area (Å²) in [7, 11) is 3.41.